The van der Waals surface area contributed by atoms with Gasteiger partial charge in [0.1, 0.15) is 11.9 Å². The Bertz CT molecular complexity index is 503. The summed E-state index contributed by atoms with van der Waals surface area (Å²) < 4.78 is 0. The SMILES string of the molecule is N#Cc1cccnc1NCc1cccnn1. The Labute approximate surface area is 92.8 Å². The molecular formula is C11H9N5. The van der Waals surface area contributed by atoms with Crippen molar-refractivity contribution in [1.29, 1.82) is 5.26 Å². The molecule has 2 aromatic heterocycles. The summed E-state index contributed by atoms with van der Waals surface area (Å²) in [6.45, 7) is 0.500. The number of nitrogens with one attached hydrogen (secondary N) is 1. The molecule has 2 rings (SSSR count). The second-order valence-corrected chi connectivity index (χ2v) is 3.08. The Morgan fingerprint density at radius 2 is 2.12 bits per heavy atom. The Hall–Kier alpha value is -2.48. The third-order valence-corrected chi connectivity index (χ3v) is 1.99. The van der Waals surface area contributed by atoms with Gasteiger partial charge in [0.15, 0.2) is 0 Å². The number of hydrogen-bond acceptors (Lipinski definition) is 5. The summed E-state index contributed by atoms with van der Waals surface area (Å²) in [5.41, 5.74) is 1.32. The van der Waals surface area contributed by atoms with Gasteiger partial charge in [0, 0.05) is 12.4 Å². The Kier molecular flexibility index (Phi) is 3.04. The van der Waals surface area contributed by atoms with Crippen LogP contribution in [0.15, 0.2) is 36.7 Å². The predicted molar refractivity (Wildman–Crippen MR) is 58.3 cm³/mol. The van der Waals surface area contributed by atoms with E-state index in [-0.39, 0.29) is 0 Å². The van der Waals surface area contributed by atoms with E-state index in [0.717, 1.165) is 5.69 Å². The van der Waals surface area contributed by atoms with Crippen molar-refractivity contribution < 1.29 is 0 Å². The molecule has 0 aliphatic heterocycles. The van der Waals surface area contributed by atoms with E-state index in [0.29, 0.717) is 17.9 Å². The zero-order valence-corrected chi connectivity index (χ0v) is 8.46. The van der Waals surface area contributed by atoms with Gasteiger partial charge in [0.25, 0.3) is 0 Å². The highest BCUT2D eigenvalue weighted by Gasteiger charge is 2.01. The minimum atomic E-state index is 0.500. The highest BCUT2D eigenvalue weighted by Crippen LogP contribution is 2.10. The fourth-order valence-corrected chi connectivity index (χ4v) is 1.24. The highest BCUT2D eigenvalue weighted by molar-refractivity contribution is 5.51. The van der Waals surface area contributed by atoms with E-state index < -0.39 is 0 Å². The first-order valence-corrected chi connectivity index (χ1v) is 4.76. The first-order valence-electron chi connectivity index (χ1n) is 4.76. The number of aromatic nitrogens is 3. The molecule has 0 unspecified atom stereocenters. The van der Waals surface area contributed by atoms with Gasteiger partial charge in [-0.25, -0.2) is 4.98 Å². The van der Waals surface area contributed by atoms with Crippen molar-refractivity contribution in [2.24, 2.45) is 0 Å². The first-order chi connectivity index (χ1) is 7.90. The smallest absolute Gasteiger partial charge is 0.144 e. The summed E-state index contributed by atoms with van der Waals surface area (Å²) in [5, 5.41) is 19.6. The van der Waals surface area contributed by atoms with Crippen LogP contribution < -0.4 is 5.32 Å². The number of hydrogen-bond donors (Lipinski definition) is 1. The van der Waals surface area contributed by atoms with Crippen LogP contribution in [0, 0.1) is 11.3 Å². The van der Waals surface area contributed by atoms with Crippen molar-refractivity contribution in [3.63, 3.8) is 0 Å². The Morgan fingerprint density at radius 1 is 1.25 bits per heavy atom. The van der Waals surface area contributed by atoms with Gasteiger partial charge in [-0.3, -0.25) is 0 Å². The predicted octanol–water partition coefficient (Wildman–Crippen LogP) is 1.36. The van der Waals surface area contributed by atoms with Crippen molar-refractivity contribution in [3.05, 3.63) is 47.9 Å². The van der Waals surface area contributed by atoms with Crippen molar-refractivity contribution in [2.45, 2.75) is 6.54 Å². The lowest BCUT2D eigenvalue weighted by atomic mass is 10.3. The number of pyridine rings is 1. The van der Waals surface area contributed by atoms with Crippen molar-refractivity contribution >= 4 is 5.82 Å². The van der Waals surface area contributed by atoms with E-state index in [1.54, 1.807) is 24.5 Å². The zero-order chi connectivity index (χ0) is 11.2. The van der Waals surface area contributed by atoms with Crippen molar-refractivity contribution in [3.8, 4) is 6.07 Å². The quantitative estimate of drug-likeness (QED) is 0.829. The Balaban J connectivity index is 2.09. The monoisotopic (exact) mass is 211 g/mol. The molecule has 2 aromatic rings. The molecule has 0 spiro atoms. The van der Waals surface area contributed by atoms with Gasteiger partial charge in [0.2, 0.25) is 0 Å². The molecule has 0 fully saturated rings. The fourth-order valence-electron chi connectivity index (χ4n) is 1.24. The maximum Gasteiger partial charge on any atom is 0.144 e. The van der Waals surface area contributed by atoms with Crippen LogP contribution in [0.4, 0.5) is 5.82 Å². The largest absolute Gasteiger partial charge is 0.363 e. The molecule has 0 amide bonds. The lowest BCUT2D eigenvalue weighted by Gasteiger charge is -2.05. The van der Waals surface area contributed by atoms with Crippen LogP contribution >= 0.6 is 0 Å². The second-order valence-electron chi connectivity index (χ2n) is 3.08. The van der Waals surface area contributed by atoms with Crippen LogP contribution in [-0.2, 0) is 6.54 Å². The second kappa shape index (κ2) is 4.84. The van der Waals surface area contributed by atoms with E-state index in [4.69, 9.17) is 5.26 Å². The van der Waals surface area contributed by atoms with Crippen LogP contribution in [0.2, 0.25) is 0 Å². The van der Waals surface area contributed by atoms with E-state index in [1.807, 2.05) is 12.1 Å². The lowest BCUT2D eigenvalue weighted by molar-refractivity contribution is 0.920. The Morgan fingerprint density at radius 3 is 2.88 bits per heavy atom. The van der Waals surface area contributed by atoms with Crippen LogP contribution in [0.3, 0.4) is 0 Å². The van der Waals surface area contributed by atoms with E-state index >= 15 is 0 Å². The molecule has 0 atom stereocenters. The van der Waals surface area contributed by atoms with Gasteiger partial charge in [-0.2, -0.15) is 15.5 Å². The zero-order valence-electron chi connectivity index (χ0n) is 8.46. The highest BCUT2D eigenvalue weighted by atomic mass is 15.1. The van der Waals surface area contributed by atoms with Crippen LogP contribution in [0.1, 0.15) is 11.3 Å². The van der Waals surface area contributed by atoms with E-state index in [2.05, 4.69) is 26.6 Å². The molecule has 0 bridgehead atoms. The molecule has 2 heterocycles. The van der Waals surface area contributed by atoms with Crippen LogP contribution in [-0.4, -0.2) is 15.2 Å². The first kappa shape index (κ1) is 10.1. The summed E-state index contributed by atoms with van der Waals surface area (Å²) in [7, 11) is 0. The topological polar surface area (TPSA) is 74.5 Å². The van der Waals surface area contributed by atoms with Gasteiger partial charge in [-0.05, 0) is 24.3 Å². The molecule has 5 nitrogen and oxygen atoms in total. The summed E-state index contributed by atoms with van der Waals surface area (Å²) in [5.74, 6) is 0.565. The minimum Gasteiger partial charge on any atom is -0.363 e. The summed E-state index contributed by atoms with van der Waals surface area (Å²) >= 11 is 0. The number of nitrogens with zero attached hydrogens (tertiary/aromatic N) is 4. The lowest BCUT2D eigenvalue weighted by Crippen LogP contribution is -2.05. The molecule has 1 N–H and O–H groups in total. The van der Waals surface area contributed by atoms with Gasteiger partial charge in [-0.15, -0.1) is 0 Å². The summed E-state index contributed by atoms with van der Waals surface area (Å²) in [6, 6.07) is 9.18. The minimum absolute atomic E-state index is 0.500. The van der Waals surface area contributed by atoms with Gasteiger partial charge in [0.05, 0.1) is 17.8 Å². The molecule has 5 heteroatoms. The average molecular weight is 211 g/mol. The molecule has 0 aliphatic carbocycles. The molecule has 0 radical (unpaired) electrons. The summed E-state index contributed by atoms with van der Waals surface area (Å²) in [4.78, 5) is 4.08. The summed E-state index contributed by atoms with van der Waals surface area (Å²) in [6.07, 6.45) is 3.25. The molecule has 0 saturated heterocycles. The third-order valence-electron chi connectivity index (χ3n) is 1.99. The van der Waals surface area contributed by atoms with E-state index in [1.165, 1.54) is 0 Å². The van der Waals surface area contributed by atoms with Gasteiger partial charge in [-0.1, -0.05) is 0 Å². The van der Waals surface area contributed by atoms with Crippen LogP contribution in [0.25, 0.3) is 0 Å². The number of nitriles is 1. The van der Waals surface area contributed by atoms with E-state index in [9.17, 15) is 0 Å². The van der Waals surface area contributed by atoms with Crippen molar-refractivity contribution in [2.75, 3.05) is 5.32 Å². The van der Waals surface area contributed by atoms with Crippen LogP contribution in [0.5, 0.6) is 0 Å². The molecule has 16 heavy (non-hydrogen) atoms. The molecular weight excluding hydrogens is 202 g/mol. The molecule has 78 valence electrons. The standard InChI is InChI=1S/C11H9N5/c12-7-9-3-1-5-13-11(9)14-8-10-4-2-6-15-16-10/h1-6H,8H2,(H,13,14). The maximum absolute atomic E-state index is 8.86. The van der Waals surface area contributed by atoms with Gasteiger partial charge < -0.3 is 5.32 Å². The number of rotatable bonds is 3. The third kappa shape index (κ3) is 2.30. The fraction of sp³-hybridized carbons (Fsp3) is 0.0909. The van der Waals surface area contributed by atoms with Crippen molar-refractivity contribution in [1.82, 2.24) is 15.2 Å². The normalized spacial score (nSPS) is 9.44. The maximum atomic E-state index is 8.86. The average Bonchev–Trinajstić information content (AvgIpc) is 2.38. The molecule has 0 aromatic carbocycles. The number of anilines is 1. The van der Waals surface area contributed by atoms with Gasteiger partial charge >= 0.3 is 0 Å². The molecule has 0 saturated carbocycles. The molecule has 0 aliphatic rings.